The standard InChI is InChI=1S/C17H18BrN3O3/c1-11-4-7-15(19-9-11)20-16(22)12-3-2-8-21(10-12)17(23)13-5-6-14(18)24-13/h4-7,9,12H,2-3,8,10H2,1H3,(H,19,20,22). The van der Waals surface area contributed by atoms with Crippen LogP contribution >= 0.6 is 15.9 Å². The smallest absolute Gasteiger partial charge is 0.289 e. The summed E-state index contributed by atoms with van der Waals surface area (Å²) in [6.45, 7) is 2.95. The number of aromatic nitrogens is 1. The number of piperidine rings is 1. The molecule has 2 amide bonds. The number of nitrogens with zero attached hydrogens (tertiary/aromatic N) is 2. The zero-order valence-corrected chi connectivity index (χ0v) is 14.9. The molecular weight excluding hydrogens is 374 g/mol. The van der Waals surface area contributed by atoms with Crippen molar-refractivity contribution in [3.05, 3.63) is 46.5 Å². The number of hydrogen-bond acceptors (Lipinski definition) is 4. The molecule has 0 spiro atoms. The van der Waals surface area contributed by atoms with Crippen LogP contribution in [-0.4, -0.2) is 34.8 Å². The Morgan fingerprint density at radius 3 is 2.83 bits per heavy atom. The predicted molar refractivity (Wildman–Crippen MR) is 92.6 cm³/mol. The van der Waals surface area contributed by atoms with Gasteiger partial charge in [-0.2, -0.15) is 0 Å². The van der Waals surface area contributed by atoms with Crippen molar-refractivity contribution in [2.75, 3.05) is 18.4 Å². The van der Waals surface area contributed by atoms with Gasteiger partial charge in [-0.15, -0.1) is 0 Å². The van der Waals surface area contributed by atoms with E-state index in [4.69, 9.17) is 4.42 Å². The van der Waals surface area contributed by atoms with Gasteiger partial charge in [0, 0.05) is 19.3 Å². The Labute approximate surface area is 148 Å². The lowest BCUT2D eigenvalue weighted by Gasteiger charge is -2.31. The van der Waals surface area contributed by atoms with Crippen molar-refractivity contribution in [2.45, 2.75) is 19.8 Å². The van der Waals surface area contributed by atoms with Crippen LogP contribution < -0.4 is 5.32 Å². The lowest BCUT2D eigenvalue weighted by atomic mass is 9.97. The molecule has 0 aromatic carbocycles. The number of likely N-dealkylation sites (tertiary alicyclic amines) is 1. The summed E-state index contributed by atoms with van der Waals surface area (Å²) in [5, 5.41) is 2.82. The molecule has 0 bridgehead atoms. The van der Waals surface area contributed by atoms with Gasteiger partial charge in [-0.1, -0.05) is 6.07 Å². The maximum absolute atomic E-state index is 12.4. The summed E-state index contributed by atoms with van der Waals surface area (Å²) in [7, 11) is 0. The van der Waals surface area contributed by atoms with Crippen LogP contribution in [-0.2, 0) is 4.79 Å². The van der Waals surface area contributed by atoms with Gasteiger partial charge in [-0.05, 0) is 59.5 Å². The van der Waals surface area contributed by atoms with Gasteiger partial charge in [0.25, 0.3) is 5.91 Å². The van der Waals surface area contributed by atoms with Crippen LogP contribution in [0.2, 0.25) is 0 Å². The molecule has 2 aromatic rings. The summed E-state index contributed by atoms with van der Waals surface area (Å²) in [5.74, 6) is 0.271. The first-order valence-corrected chi connectivity index (χ1v) is 8.60. The highest BCUT2D eigenvalue weighted by atomic mass is 79.9. The molecule has 1 N–H and O–H groups in total. The lowest BCUT2D eigenvalue weighted by Crippen LogP contribution is -2.43. The molecule has 3 rings (SSSR count). The van der Waals surface area contributed by atoms with Crippen LogP contribution in [0.15, 0.2) is 39.5 Å². The topological polar surface area (TPSA) is 75.4 Å². The van der Waals surface area contributed by atoms with E-state index in [2.05, 4.69) is 26.2 Å². The van der Waals surface area contributed by atoms with Gasteiger partial charge in [0.1, 0.15) is 5.82 Å². The molecule has 1 unspecified atom stereocenters. The second-order valence-electron chi connectivity index (χ2n) is 5.90. The molecule has 24 heavy (non-hydrogen) atoms. The normalized spacial score (nSPS) is 17.6. The van der Waals surface area contributed by atoms with Crippen LogP contribution in [0.25, 0.3) is 0 Å². The predicted octanol–water partition coefficient (Wildman–Crippen LogP) is 3.24. The highest BCUT2D eigenvalue weighted by Crippen LogP contribution is 2.22. The number of nitrogens with one attached hydrogen (secondary N) is 1. The zero-order chi connectivity index (χ0) is 17.1. The Kier molecular flexibility index (Phi) is 4.99. The average molecular weight is 392 g/mol. The number of aryl methyl sites for hydroxylation is 1. The highest BCUT2D eigenvalue weighted by molar-refractivity contribution is 9.10. The van der Waals surface area contributed by atoms with E-state index in [0.717, 1.165) is 18.4 Å². The molecule has 6 nitrogen and oxygen atoms in total. The molecule has 7 heteroatoms. The van der Waals surface area contributed by atoms with E-state index in [9.17, 15) is 9.59 Å². The number of rotatable bonds is 3. The number of hydrogen-bond donors (Lipinski definition) is 1. The van der Waals surface area contributed by atoms with Crippen LogP contribution in [0.3, 0.4) is 0 Å². The fraction of sp³-hybridized carbons (Fsp3) is 0.353. The summed E-state index contributed by atoms with van der Waals surface area (Å²) in [6.07, 6.45) is 3.25. The Balaban J connectivity index is 1.63. The van der Waals surface area contributed by atoms with Crippen LogP contribution in [0.4, 0.5) is 5.82 Å². The maximum Gasteiger partial charge on any atom is 0.289 e. The number of pyridine rings is 1. The van der Waals surface area contributed by atoms with E-state index in [1.54, 1.807) is 29.3 Å². The molecule has 1 atom stereocenters. The van der Waals surface area contributed by atoms with Gasteiger partial charge in [0.15, 0.2) is 10.4 Å². The molecule has 1 fully saturated rings. The first kappa shape index (κ1) is 16.7. The van der Waals surface area contributed by atoms with E-state index in [-0.39, 0.29) is 23.5 Å². The van der Waals surface area contributed by atoms with Crippen molar-refractivity contribution in [2.24, 2.45) is 5.92 Å². The van der Waals surface area contributed by atoms with E-state index >= 15 is 0 Å². The fourth-order valence-corrected chi connectivity index (χ4v) is 3.04. The Morgan fingerprint density at radius 1 is 1.33 bits per heavy atom. The van der Waals surface area contributed by atoms with E-state index in [0.29, 0.717) is 23.6 Å². The zero-order valence-electron chi connectivity index (χ0n) is 13.3. The van der Waals surface area contributed by atoms with E-state index < -0.39 is 0 Å². The quantitative estimate of drug-likeness (QED) is 0.870. The summed E-state index contributed by atoms with van der Waals surface area (Å²) in [6, 6.07) is 6.99. The second-order valence-corrected chi connectivity index (χ2v) is 6.69. The largest absolute Gasteiger partial charge is 0.444 e. The van der Waals surface area contributed by atoms with Crippen molar-refractivity contribution >= 4 is 33.6 Å². The third-order valence-electron chi connectivity index (χ3n) is 4.03. The van der Waals surface area contributed by atoms with Crippen LogP contribution in [0.1, 0.15) is 29.0 Å². The number of furan rings is 1. The van der Waals surface area contributed by atoms with Crippen LogP contribution in [0, 0.1) is 12.8 Å². The van der Waals surface area contributed by atoms with Gasteiger partial charge in [-0.3, -0.25) is 9.59 Å². The van der Waals surface area contributed by atoms with Crippen LogP contribution in [0.5, 0.6) is 0 Å². The second kappa shape index (κ2) is 7.17. The molecule has 3 heterocycles. The molecule has 1 aliphatic heterocycles. The molecule has 126 valence electrons. The van der Waals surface area contributed by atoms with Crippen molar-refractivity contribution < 1.29 is 14.0 Å². The number of anilines is 1. The third-order valence-corrected chi connectivity index (χ3v) is 4.45. The Hall–Kier alpha value is -2.15. The Morgan fingerprint density at radius 2 is 2.17 bits per heavy atom. The van der Waals surface area contributed by atoms with E-state index in [1.165, 1.54) is 0 Å². The molecule has 1 aliphatic rings. The summed E-state index contributed by atoms with van der Waals surface area (Å²) < 4.78 is 5.83. The van der Waals surface area contributed by atoms with Gasteiger partial charge in [-0.25, -0.2) is 4.98 Å². The third kappa shape index (κ3) is 3.84. The SMILES string of the molecule is Cc1ccc(NC(=O)C2CCCN(C(=O)c3ccc(Br)o3)C2)nc1. The minimum atomic E-state index is -0.246. The molecular formula is C17H18BrN3O3. The summed E-state index contributed by atoms with van der Waals surface area (Å²) in [5.41, 5.74) is 1.03. The lowest BCUT2D eigenvalue weighted by molar-refractivity contribution is -0.121. The van der Waals surface area contributed by atoms with Gasteiger partial charge < -0.3 is 14.6 Å². The molecule has 0 aliphatic carbocycles. The molecule has 0 saturated carbocycles. The number of amides is 2. The van der Waals surface area contributed by atoms with Gasteiger partial charge >= 0.3 is 0 Å². The van der Waals surface area contributed by atoms with Crippen molar-refractivity contribution in [3.63, 3.8) is 0 Å². The van der Waals surface area contributed by atoms with Gasteiger partial charge in [0.2, 0.25) is 5.91 Å². The fourth-order valence-electron chi connectivity index (χ4n) is 2.73. The van der Waals surface area contributed by atoms with Crippen molar-refractivity contribution in [1.29, 1.82) is 0 Å². The first-order valence-electron chi connectivity index (χ1n) is 7.81. The first-order chi connectivity index (χ1) is 11.5. The Bertz CT molecular complexity index is 742. The summed E-state index contributed by atoms with van der Waals surface area (Å²) >= 11 is 3.19. The summed E-state index contributed by atoms with van der Waals surface area (Å²) in [4.78, 5) is 30.7. The number of carbonyl (C=O) groups is 2. The molecule has 2 aromatic heterocycles. The maximum atomic E-state index is 12.4. The number of halogens is 1. The minimum absolute atomic E-state index is 0.107. The molecule has 1 saturated heterocycles. The van der Waals surface area contributed by atoms with Gasteiger partial charge in [0.05, 0.1) is 5.92 Å². The van der Waals surface area contributed by atoms with Crippen molar-refractivity contribution in [1.82, 2.24) is 9.88 Å². The monoisotopic (exact) mass is 391 g/mol. The minimum Gasteiger partial charge on any atom is -0.444 e. The van der Waals surface area contributed by atoms with Crippen molar-refractivity contribution in [3.8, 4) is 0 Å². The van der Waals surface area contributed by atoms with E-state index in [1.807, 2.05) is 13.0 Å². The average Bonchev–Trinajstić information content (AvgIpc) is 3.03. The molecule has 0 radical (unpaired) electrons. The highest BCUT2D eigenvalue weighted by Gasteiger charge is 2.30. The number of carbonyl (C=O) groups excluding carboxylic acids is 2.